The third-order valence-electron chi connectivity index (χ3n) is 5.55. The van der Waals surface area contributed by atoms with Crippen LogP contribution in [0.15, 0.2) is 23.8 Å². The Morgan fingerprint density at radius 3 is 1.78 bits per heavy atom. The zero-order valence-electron chi connectivity index (χ0n) is 18.1. The summed E-state index contributed by atoms with van der Waals surface area (Å²) in [6.07, 6.45) is 20.1. The quantitative estimate of drug-likeness (QED) is 0.227. The first kappa shape index (κ1) is 23.7. The van der Waals surface area contributed by atoms with Crippen molar-refractivity contribution in [3.05, 3.63) is 23.8 Å². The van der Waals surface area contributed by atoms with Gasteiger partial charge in [0, 0.05) is 12.1 Å². The summed E-state index contributed by atoms with van der Waals surface area (Å²) in [4.78, 5) is 0. The largest absolute Gasteiger partial charge is 0.494 e. The van der Waals surface area contributed by atoms with Gasteiger partial charge in [-0.2, -0.15) is 0 Å². The van der Waals surface area contributed by atoms with Crippen molar-refractivity contribution in [1.82, 2.24) is 4.57 Å². The van der Waals surface area contributed by atoms with Crippen LogP contribution in [-0.4, -0.2) is 14.8 Å². The molecule has 0 aliphatic carbocycles. The van der Waals surface area contributed by atoms with E-state index >= 15 is 0 Å². The van der Waals surface area contributed by atoms with Gasteiger partial charge in [0.1, 0.15) is 0 Å². The third kappa shape index (κ3) is 9.39. The Hall–Kier alpha value is -1.38. The van der Waals surface area contributed by atoms with Crippen LogP contribution < -0.4 is 0 Å². The van der Waals surface area contributed by atoms with Crippen LogP contribution in [0.5, 0.6) is 11.8 Å². The lowest BCUT2D eigenvalue weighted by Crippen LogP contribution is -2.10. The van der Waals surface area contributed by atoms with E-state index in [1.165, 1.54) is 69.8 Å². The predicted molar refractivity (Wildman–Crippen MR) is 117 cm³/mol. The van der Waals surface area contributed by atoms with E-state index in [9.17, 15) is 10.2 Å². The number of allylic oxidation sites excluding steroid dienone is 2. The molecule has 3 nitrogen and oxygen atoms in total. The van der Waals surface area contributed by atoms with Crippen LogP contribution in [0.3, 0.4) is 0 Å². The lowest BCUT2D eigenvalue weighted by atomic mass is 9.98. The van der Waals surface area contributed by atoms with Gasteiger partial charge in [0.15, 0.2) is 11.8 Å². The second-order valence-electron chi connectivity index (χ2n) is 8.00. The van der Waals surface area contributed by atoms with E-state index in [-0.39, 0.29) is 17.8 Å². The van der Waals surface area contributed by atoms with Crippen LogP contribution in [0, 0.1) is 0 Å². The first-order valence-corrected chi connectivity index (χ1v) is 11.4. The molecule has 0 aliphatic rings. The van der Waals surface area contributed by atoms with Crippen molar-refractivity contribution in [2.24, 2.45) is 0 Å². The minimum absolute atomic E-state index is 0.0603. The fourth-order valence-corrected chi connectivity index (χ4v) is 3.82. The van der Waals surface area contributed by atoms with E-state index < -0.39 is 0 Å². The number of aromatic hydroxyl groups is 2. The van der Waals surface area contributed by atoms with Gasteiger partial charge in [-0.05, 0) is 19.8 Å². The van der Waals surface area contributed by atoms with E-state index in [0.29, 0.717) is 0 Å². The molecule has 0 fully saturated rings. The standard InChI is InChI=1S/C24H43NO2/c1-4-6-8-9-10-11-12-13-14-15-16-18-22(21(3)17-7-5-2)25-23(26)19-20-24(25)27/h17,19-20,22,26-27H,4-16,18H2,1-3H3. The number of hydrogen-bond donors (Lipinski definition) is 2. The molecule has 0 aliphatic heterocycles. The molecule has 0 radical (unpaired) electrons. The van der Waals surface area contributed by atoms with E-state index in [0.717, 1.165) is 25.7 Å². The van der Waals surface area contributed by atoms with Crippen LogP contribution in [0.4, 0.5) is 0 Å². The van der Waals surface area contributed by atoms with E-state index in [4.69, 9.17) is 0 Å². The monoisotopic (exact) mass is 377 g/mol. The van der Waals surface area contributed by atoms with Crippen molar-refractivity contribution >= 4 is 0 Å². The highest BCUT2D eigenvalue weighted by Gasteiger charge is 2.18. The molecule has 1 heterocycles. The molecule has 2 N–H and O–H groups in total. The van der Waals surface area contributed by atoms with Crippen molar-refractivity contribution in [3.63, 3.8) is 0 Å². The molecule has 156 valence electrons. The SMILES string of the molecule is CCCC=C(C)C(CCCCCCCCCCCCC)n1c(O)ccc1O. The molecule has 1 aromatic rings. The number of nitrogens with zero attached hydrogens (tertiary/aromatic N) is 1. The maximum atomic E-state index is 10.1. The Balaban J connectivity index is 2.32. The van der Waals surface area contributed by atoms with Crippen molar-refractivity contribution in [1.29, 1.82) is 0 Å². The molecule has 1 atom stereocenters. The van der Waals surface area contributed by atoms with Crippen molar-refractivity contribution < 1.29 is 10.2 Å². The molecule has 0 spiro atoms. The average molecular weight is 378 g/mol. The lowest BCUT2D eigenvalue weighted by molar-refractivity contribution is 0.336. The van der Waals surface area contributed by atoms with Crippen LogP contribution in [0.1, 0.15) is 117 Å². The molecule has 0 saturated heterocycles. The topological polar surface area (TPSA) is 45.4 Å². The second-order valence-corrected chi connectivity index (χ2v) is 8.00. The number of hydrogen-bond acceptors (Lipinski definition) is 2. The van der Waals surface area contributed by atoms with Gasteiger partial charge in [-0.1, -0.05) is 103 Å². The van der Waals surface area contributed by atoms with Crippen LogP contribution in [-0.2, 0) is 0 Å². The van der Waals surface area contributed by atoms with Gasteiger partial charge in [-0.25, -0.2) is 0 Å². The Labute approximate surface area is 167 Å². The zero-order valence-corrected chi connectivity index (χ0v) is 18.1. The minimum Gasteiger partial charge on any atom is -0.494 e. The molecule has 1 unspecified atom stereocenters. The Morgan fingerprint density at radius 2 is 1.30 bits per heavy atom. The Kier molecular flexibility index (Phi) is 12.8. The van der Waals surface area contributed by atoms with Crippen molar-refractivity contribution in [3.8, 4) is 11.8 Å². The molecule has 0 amide bonds. The smallest absolute Gasteiger partial charge is 0.194 e. The highest BCUT2D eigenvalue weighted by molar-refractivity contribution is 5.28. The second kappa shape index (κ2) is 14.6. The van der Waals surface area contributed by atoms with Gasteiger partial charge >= 0.3 is 0 Å². The summed E-state index contributed by atoms with van der Waals surface area (Å²) < 4.78 is 1.68. The lowest BCUT2D eigenvalue weighted by Gasteiger charge is -2.22. The predicted octanol–water partition coefficient (Wildman–Crippen LogP) is 7.89. The molecular formula is C24H43NO2. The van der Waals surface area contributed by atoms with E-state index in [1.807, 2.05) is 0 Å². The average Bonchev–Trinajstić information content (AvgIpc) is 2.99. The fourth-order valence-electron chi connectivity index (χ4n) is 3.82. The van der Waals surface area contributed by atoms with E-state index in [2.05, 4.69) is 26.8 Å². The zero-order chi connectivity index (χ0) is 19.9. The highest BCUT2D eigenvalue weighted by Crippen LogP contribution is 2.34. The van der Waals surface area contributed by atoms with Gasteiger partial charge in [-0.3, -0.25) is 4.57 Å². The number of aromatic nitrogens is 1. The van der Waals surface area contributed by atoms with E-state index in [1.54, 1.807) is 16.7 Å². The van der Waals surface area contributed by atoms with Gasteiger partial charge < -0.3 is 10.2 Å². The molecule has 3 heteroatoms. The van der Waals surface area contributed by atoms with Crippen molar-refractivity contribution in [2.45, 2.75) is 117 Å². The van der Waals surface area contributed by atoms with Crippen molar-refractivity contribution in [2.75, 3.05) is 0 Å². The van der Waals surface area contributed by atoms with Gasteiger partial charge in [0.2, 0.25) is 0 Å². The van der Waals surface area contributed by atoms with Crippen LogP contribution >= 0.6 is 0 Å². The summed E-state index contributed by atoms with van der Waals surface area (Å²) >= 11 is 0. The minimum atomic E-state index is 0.0603. The Bertz CT molecular complexity index is 499. The number of rotatable bonds is 16. The Morgan fingerprint density at radius 1 is 0.815 bits per heavy atom. The normalized spacial score (nSPS) is 13.2. The molecule has 0 saturated carbocycles. The summed E-state index contributed by atoms with van der Waals surface area (Å²) in [6.45, 7) is 6.57. The van der Waals surface area contributed by atoms with Gasteiger partial charge in [0.25, 0.3) is 0 Å². The van der Waals surface area contributed by atoms with Crippen LogP contribution in [0.25, 0.3) is 0 Å². The molecule has 1 rings (SSSR count). The fraction of sp³-hybridized carbons (Fsp3) is 0.750. The first-order chi connectivity index (χ1) is 13.1. The molecular weight excluding hydrogens is 334 g/mol. The molecule has 1 aromatic heterocycles. The summed E-state index contributed by atoms with van der Waals surface area (Å²) in [7, 11) is 0. The maximum Gasteiger partial charge on any atom is 0.194 e. The summed E-state index contributed by atoms with van der Waals surface area (Å²) in [6, 6.07) is 3.22. The highest BCUT2D eigenvalue weighted by atomic mass is 16.3. The van der Waals surface area contributed by atoms with Gasteiger partial charge in [0.05, 0.1) is 6.04 Å². The molecule has 27 heavy (non-hydrogen) atoms. The maximum absolute atomic E-state index is 10.1. The first-order valence-electron chi connectivity index (χ1n) is 11.4. The third-order valence-corrected chi connectivity index (χ3v) is 5.55. The molecule has 0 bridgehead atoms. The van der Waals surface area contributed by atoms with Gasteiger partial charge in [-0.15, -0.1) is 0 Å². The summed E-state index contributed by atoms with van der Waals surface area (Å²) in [5, 5.41) is 20.3. The summed E-state index contributed by atoms with van der Waals surface area (Å²) in [5.74, 6) is 0.314. The molecule has 0 aromatic carbocycles. The summed E-state index contributed by atoms with van der Waals surface area (Å²) in [5.41, 5.74) is 1.24. The number of unbranched alkanes of at least 4 members (excludes halogenated alkanes) is 11. The van der Waals surface area contributed by atoms with Crippen LogP contribution in [0.2, 0.25) is 0 Å².